The zero-order valence-electron chi connectivity index (χ0n) is 8.58. The lowest BCUT2D eigenvalue weighted by molar-refractivity contribution is 0.638. The molecule has 1 unspecified atom stereocenters. The van der Waals surface area contributed by atoms with Gasteiger partial charge in [0.15, 0.2) is 0 Å². The van der Waals surface area contributed by atoms with Crippen LogP contribution in [0.5, 0.6) is 0 Å². The first kappa shape index (κ1) is 11.4. The van der Waals surface area contributed by atoms with Gasteiger partial charge in [-0.25, -0.2) is 0 Å². The first-order valence-electron chi connectivity index (χ1n) is 5.27. The summed E-state index contributed by atoms with van der Waals surface area (Å²) in [5, 5.41) is 4.28. The quantitative estimate of drug-likeness (QED) is 0.921. The van der Waals surface area contributed by atoms with Crippen molar-refractivity contribution in [3.8, 4) is 0 Å². The predicted octanol–water partition coefficient (Wildman–Crippen LogP) is 2.83. The van der Waals surface area contributed by atoms with Gasteiger partial charge in [-0.2, -0.15) is 11.8 Å². The van der Waals surface area contributed by atoms with Gasteiger partial charge in [0, 0.05) is 29.0 Å². The smallest absolute Gasteiger partial charge is 0.0542 e. The Labute approximate surface area is 103 Å². The lowest BCUT2D eigenvalue weighted by Gasteiger charge is -2.09. The molecule has 2 rings (SSSR count). The van der Waals surface area contributed by atoms with Crippen molar-refractivity contribution >= 4 is 27.7 Å². The molecule has 1 fully saturated rings. The molecule has 1 saturated heterocycles. The van der Waals surface area contributed by atoms with Gasteiger partial charge in [-0.1, -0.05) is 0 Å². The number of hydrogen-bond acceptors (Lipinski definition) is 3. The average Bonchev–Trinajstić information content (AvgIpc) is 2.74. The Hall–Kier alpha value is -0.0600. The van der Waals surface area contributed by atoms with E-state index < -0.39 is 0 Å². The molecule has 0 amide bonds. The SMILES string of the molecule is Brc1ccc(CNCC2CCCS2)nc1. The van der Waals surface area contributed by atoms with Crippen LogP contribution in [0.1, 0.15) is 18.5 Å². The molecule has 2 nitrogen and oxygen atoms in total. The van der Waals surface area contributed by atoms with Gasteiger partial charge in [-0.15, -0.1) is 0 Å². The van der Waals surface area contributed by atoms with Crippen LogP contribution in [-0.2, 0) is 6.54 Å². The molecule has 0 radical (unpaired) electrons. The minimum absolute atomic E-state index is 0.820. The number of hydrogen-bond donors (Lipinski definition) is 1. The van der Waals surface area contributed by atoms with Crippen LogP contribution in [0.25, 0.3) is 0 Å². The molecule has 82 valence electrons. The second-order valence-corrected chi connectivity index (χ2v) is 6.06. The van der Waals surface area contributed by atoms with Gasteiger partial charge in [0.2, 0.25) is 0 Å². The van der Waals surface area contributed by atoms with Gasteiger partial charge in [0.05, 0.1) is 5.69 Å². The Morgan fingerprint density at radius 3 is 3.13 bits per heavy atom. The number of thioether (sulfide) groups is 1. The normalized spacial score (nSPS) is 20.7. The van der Waals surface area contributed by atoms with Crippen molar-refractivity contribution < 1.29 is 0 Å². The van der Waals surface area contributed by atoms with E-state index in [1.54, 1.807) is 0 Å². The number of halogens is 1. The van der Waals surface area contributed by atoms with Gasteiger partial charge in [0.25, 0.3) is 0 Å². The van der Waals surface area contributed by atoms with E-state index in [-0.39, 0.29) is 0 Å². The fraction of sp³-hybridized carbons (Fsp3) is 0.545. The summed E-state index contributed by atoms with van der Waals surface area (Å²) in [5.74, 6) is 1.34. The largest absolute Gasteiger partial charge is 0.310 e. The highest BCUT2D eigenvalue weighted by Crippen LogP contribution is 2.25. The number of aromatic nitrogens is 1. The van der Waals surface area contributed by atoms with Gasteiger partial charge in [0.1, 0.15) is 0 Å². The maximum atomic E-state index is 4.33. The van der Waals surface area contributed by atoms with Gasteiger partial charge in [-0.05, 0) is 46.7 Å². The Bertz CT molecular complexity index is 296. The molecule has 1 atom stereocenters. The summed E-state index contributed by atoms with van der Waals surface area (Å²) in [6, 6.07) is 4.09. The van der Waals surface area contributed by atoms with Crippen molar-refractivity contribution in [2.75, 3.05) is 12.3 Å². The molecule has 0 aliphatic carbocycles. The van der Waals surface area contributed by atoms with E-state index in [1.165, 1.54) is 18.6 Å². The van der Waals surface area contributed by atoms with E-state index in [4.69, 9.17) is 0 Å². The van der Waals surface area contributed by atoms with E-state index in [0.717, 1.165) is 28.5 Å². The van der Waals surface area contributed by atoms with Crippen LogP contribution in [0.3, 0.4) is 0 Å². The number of rotatable bonds is 4. The van der Waals surface area contributed by atoms with Crippen LogP contribution in [0.4, 0.5) is 0 Å². The Balaban J connectivity index is 1.71. The molecule has 0 saturated carbocycles. The zero-order chi connectivity index (χ0) is 10.5. The third-order valence-electron chi connectivity index (χ3n) is 2.49. The molecule has 1 aliphatic rings. The summed E-state index contributed by atoms with van der Waals surface area (Å²) in [5.41, 5.74) is 1.11. The molecule has 0 bridgehead atoms. The minimum Gasteiger partial charge on any atom is -0.310 e. The van der Waals surface area contributed by atoms with Gasteiger partial charge < -0.3 is 5.32 Å². The van der Waals surface area contributed by atoms with Crippen molar-refractivity contribution in [1.29, 1.82) is 0 Å². The number of nitrogens with zero attached hydrogens (tertiary/aromatic N) is 1. The third kappa shape index (κ3) is 3.78. The van der Waals surface area contributed by atoms with E-state index in [0.29, 0.717) is 0 Å². The topological polar surface area (TPSA) is 24.9 Å². The van der Waals surface area contributed by atoms with E-state index in [9.17, 15) is 0 Å². The molecular weight excluding hydrogens is 272 g/mol. The van der Waals surface area contributed by atoms with Gasteiger partial charge >= 0.3 is 0 Å². The lowest BCUT2D eigenvalue weighted by atomic mass is 10.2. The molecule has 1 aromatic heterocycles. The number of pyridine rings is 1. The summed E-state index contributed by atoms with van der Waals surface area (Å²) in [6.45, 7) is 1.99. The summed E-state index contributed by atoms with van der Waals surface area (Å²) in [4.78, 5) is 4.33. The molecular formula is C11H15BrN2S. The van der Waals surface area contributed by atoms with Crippen molar-refractivity contribution in [2.45, 2.75) is 24.6 Å². The lowest BCUT2D eigenvalue weighted by Crippen LogP contribution is -2.23. The van der Waals surface area contributed by atoms with Crippen molar-refractivity contribution in [1.82, 2.24) is 10.3 Å². The van der Waals surface area contributed by atoms with Crippen LogP contribution in [-0.4, -0.2) is 22.5 Å². The molecule has 1 aromatic rings. The highest BCUT2D eigenvalue weighted by molar-refractivity contribution is 9.10. The minimum atomic E-state index is 0.820. The second kappa shape index (κ2) is 5.87. The van der Waals surface area contributed by atoms with E-state index >= 15 is 0 Å². The fourth-order valence-electron chi connectivity index (χ4n) is 1.68. The highest BCUT2D eigenvalue weighted by Gasteiger charge is 2.14. The molecule has 2 heterocycles. The van der Waals surface area contributed by atoms with E-state index in [2.05, 4.69) is 44.1 Å². The Morgan fingerprint density at radius 2 is 2.47 bits per heavy atom. The monoisotopic (exact) mass is 286 g/mol. The Morgan fingerprint density at radius 1 is 1.53 bits per heavy atom. The highest BCUT2D eigenvalue weighted by atomic mass is 79.9. The first-order valence-corrected chi connectivity index (χ1v) is 7.11. The number of nitrogens with one attached hydrogen (secondary N) is 1. The predicted molar refractivity (Wildman–Crippen MR) is 69.1 cm³/mol. The molecule has 1 aliphatic heterocycles. The van der Waals surface area contributed by atoms with E-state index in [1.807, 2.05) is 12.3 Å². The zero-order valence-corrected chi connectivity index (χ0v) is 11.0. The molecule has 0 aromatic carbocycles. The van der Waals surface area contributed by atoms with Crippen LogP contribution in [0.2, 0.25) is 0 Å². The van der Waals surface area contributed by atoms with Crippen molar-refractivity contribution in [3.63, 3.8) is 0 Å². The standard InChI is InChI=1S/C11H15BrN2S/c12-9-3-4-10(14-6-9)7-13-8-11-2-1-5-15-11/h3-4,6,11,13H,1-2,5,7-8H2. The van der Waals surface area contributed by atoms with Crippen LogP contribution >= 0.6 is 27.7 Å². The maximum Gasteiger partial charge on any atom is 0.0542 e. The van der Waals surface area contributed by atoms with Crippen molar-refractivity contribution in [2.24, 2.45) is 0 Å². The van der Waals surface area contributed by atoms with Crippen LogP contribution in [0, 0.1) is 0 Å². The summed E-state index contributed by atoms with van der Waals surface area (Å²) < 4.78 is 1.04. The van der Waals surface area contributed by atoms with Gasteiger partial charge in [-0.3, -0.25) is 4.98 Å². The summed E-state index contributed by atoms with van der Waals surface area (Å²) >= 11 is 5.47. The van der Waals surface area contributed by atoms with Crippen LogP contribution < -0.4 is 5.32 Å². The first-order chi connectivity index (χ1) is 7.34. The molecule has 1 N–H and O–H groups in total. The van der Waals surface area contributed by atoms with Crippen molar-refractivity contribution in [3.05, 3.63) is 28.5 Å². The molecule has 15 heavy (non-hydrogen) atoms. The second-order valence-electron chi connectivity index (χ2n) is 3.73. The molecule has 0 spiro atoms. The third-order valence-corrected chi connectivity index (χ3v) is 4.36. The fourth-order valence-corrected chi connectivity index (χ4v) is 3.15. The Kier molecular flexibility index (Phi) is 4.47. The summed E-state index contributed by atoms with van der Waals surface area (Å²) in [7, 11) is 0. The maximum absolute atomic E-state index is 4.33. The summed E-state index contributed by atoms with van der Waals surface area (Å²) in [6.07, 6.45) is 4.60. The van der Waals surface area contributed by atoms with Crippen LogP contribution in [0.15, 0.2) is 22.8 Å². The average molecular weight is 287 g/mol. The molecule has 4 heteroatoms.